The van der Waals surface area contributed by atoms with Gasteiger partial charge in [0.25, 0.3) is 0 Å². The molecule has 10 rings (SSSR count). The van der Waals surface area contributed by atoms with E-state index in [0.717, 1.165) is 11.2 Å². The van der Waals surface area contributed by atoms with Gasteiger partial charge in [0, 0.05) is 10.8 Å². The predicted octanol–water partition coefficient (Wildman–Crippen LogP) is -38.5. The normalized spacial score (nSPS) is 11.8. The number of hydrogen-bond acceptors (Lipinski definition) is 1. The summed E-state index contributed by atoms with van der Waals surface area (Å²) in [5, 5.41) is 10.9. The van der Waals surface area contributed by atoms with Crippen molar-refractivity contribution in [2.75, 3.05) is 0 Å². The average molecular weight is 977 g/mol. The van der Waals surface area contributed by atoms with Gasteiger partial charge in [-0.25, -0.2) is 0 Å². The van der Waals surface area contributed by atoms with Crippen molar-refractivity contribution in [3.8, 4) is 44.5 Å². The van der Waals surface area contributed by atoms with Gasteiger partial charge in [0.05, 0.1) is 0 Å². The Morgan fingerprint density at radius 2 is 0.316 bits per heavy atom. The lowest BCUT2D eigenvalue weighted by molar-refractivity contribution is 0.675. The van der Waals surface area contributed by atoms with E-state index in [4.69, 9.17) is 4.42 Å². The quantitative estimate of drug-likeness (QED) is 0.127. The van der Waals surface area contributed by atoms with Crippen molar-refractivity contribution < 1.29 is 4.42 Å². The van der Waals surface area contributed by atoms with Gasteiger partial charge < -0.3 is 4.42 Å². The minimum atomic E-state index is 1.02. The molecule has 10 aromatic rings. The van der Waals surface area contributed by atoms with Gasteiger partial charge in [-0.15, -0.1) is 60.1 Å². The van der Waals surface area contributed by atoms with E-state index in [1.54, 1.807) is 0 Å². The van der Waals surface area contributed by atoms with Crippen LogP contribution < -0.4 is 164 Å². The highest BCUT2D eigenvalue weighted by Gasteiger charge is 2.33. The fraction of sp³-hybridized carbons (Fsp3) is 0. The van der Waals surface area contributed by atoms with Crippen molar-refractivity contribution in [1.29, 1.82) is 0 Å². The molecule has 0 saturated carbocycles. The summed E-state index contributed by atoms with van der Waals surface area (Å²) < 4.78 is 7.33. The monoisotopic (exact) mass is 983 g/mol. The molecule has 0 fully saturated rings. The third kappa shape index (κ3) is 7.52. The highest BCUT2D eigenvalue weighted by atomic mass is 16.3. The maximum atomic E-state index is 7.33. The van der Waals surface area contributed by atoms with E-state index >= 15 is 0 Å². The molecule has 1 aromatic heterocycles. The Hall–Kier alpha value is -4.49. The van der Waals surface area contributed by atoms with Gasteiger partial charge in [-0.05, 0) is 82.3 Å². The third-order valence-electron chi connectivity index (χ3n) is 22.8. The van der Waals surface area contributed by atoms with Gasteiger partial charge in [-0.1, -0.05) is 98.3 Å². The molecule has 0 unspecified atom stereocenters. The summed E-state index contributed by atoms with van der Waals surface area (Å²) >= 11 is 0. The number of fused-ring (bicyclic) bond motifs is 6. The van der Waals surface area contributed by atoms with E-state index in [1.807, 2.05) is 0 Å². The summed E-state index contributed by atoms with van der Waals surface area (Å²) in [5.74, 6) is 0. The Balaban J connectivity index is 1.45. The smallest absolute Gasteiger partial charge is 0.145 e. The summed E-state index contributed by atoms with van der Waals surface area (Å²) in [5.41, 5.74) is 54.0. The molecule has 0 bridgehead atoms. The van der Waals surface area contributed by atoms with E-state index < -0.39 is 0 Å². The first-order chi connectivity index (χ1) is 36.8. The summed E-state index contributed by atoms with van der Waals surface area (Å²) in [4.78, 5) is 0. The van der Waals surface area contributed by atoms with Crippen molar-refractivity contribution >= 4 is 454 Å². The molecule has 348 valence electrons. The van der Waals surface area contributed by atoms with Crippen molar-refractivity contribution in [1.82, 2.24) is 0 Å². The second kappa shape index (κ2) is 19.6. The topological polar surface area (TPSA) is 13.1 Å². The molecule has 0 radical (unpaired) electrons. The minimum absolute atomic E-state index is 1.02. The van der Waals surface area contributed by atoms with Crippen LogP contribution in [0.25, 0.3) is 98.8 Å². The van der Waals surface area contributed by atoms with Gasteiger partial charge >= 0.3 is 0 Å². The van der Waals surface area contributed by atoms with E-state index in [9.17, 15) is 0 Å². The van der Waals surface area contributed by atoms with E-state index in [0.29, 0.717) is 0 Å². The Morgan fingerprint density at radius 1 is 0.114 bits per heavy atom. The second-order valence-corrected chi connectivity index (χ2v) is 25.5. The molecule has 1 heterocycles. The van der Waals surface area contributed by atoms with Crippen LogP contribution in [0.5, 0.6) is 0 Å². The first-order valence-corrected chi connectivity index (χ1v) is 29.4. The summed E-state index contributed by atoms with van der Waals surface area (Å²) in [6.07, 6.45) is 0. The Kier molecular flexibility index (Phi) is 14.3. The Labute approximate surface area is 498 Å². The lowest BCUT2D eigenvalue weighted by atomic mass is 9.54. The summed E-state index contributed by atoms with van der Waals surface area (Å²) in [6.45, 7) is 0. The first kappa shape index (κ1) is 57.7. The second-order valence-electron chi connectivity index (χ2n) is 25.5. The predicted molar refractivity (Wildman–Crippen MR) is 453 cm³/mol. The molecule has 0 aliphatic heterocycles. The molecule has 9 aromatic carbocycles. The zero-order chi connectivity index (χ0) is 58.4. The molecule has 0 aliphatic carbocycles. The van der Waals surface area contributed by atoms with Crippen LogP contribution in [0.15, 0.2) is 4.42 Å². The van der Waals surface area contributed by atoms with Crippen LogP contribution in [0, 0.1) is 0 Å². The van der Waals surface area contributed by atoms with Crippen LogP contribution in [-0.4, -0.2) is 235 Å². The van der Waals surface area contributed by atoms with Crippen LogP contribution in [-0.2, 0) is 0 Å². The molecular weight excluding hydrogens is 917 g/mol. The highest BCUT2D eigenvalue weighted by molar-refractivity contribution is 6.77. The zero-order valence-corrected chi connectivity index (χ0v) is 54.4. The van der Waals surface area contributed by atoms with Crippen molar-refractivity contribution in [2.45, 2.75) is 0 Å². The van der Waals surface area contributed by atoms with Gasteiger partial charge in [0.2, 0.25) is 0 Å². The SMILES string of the molecule is Bc1c(B)c(B)c(-c2c(B)c(B)c(B)c(B)c2-c2c3c(B)c(B)c(B)c(B)c3c(-c3c(B)c(B)c(-c4c(B)c(B)c(B)c5oc6c(B)c7c(B)c(B)c(B)c(B)c7c(B)c6c45)c(B)c3B)c3c(B)c(B)c(B)c(B)c23)c(B)c1B. The maximum absolute atomic E-state index is 7.33. The number of furan rings is 1. The number of benzene rings is 9. The minimum Gasteiger partial charge on any atom is -0.457 e. The lowest BCUT2D eigenvalue weighted by Gasteiger charge is -2.33. The van der Waals surface area contributed by atoms with E-state index in [2.05, 4.69) is 235 Å². The average Bonchev–Trinajstić information content (AvgIpc) is 4.02. The van der Waals surface area contributed by atoms with Gasteiger partial charge in [-0.2, -0.15) is 0 Å². The molecule has 0 amide bonds. The first-order valence-electron chi connectivity index (χ1n) is 29.4. The van der Waals surface area contributed by atoms with Crippen LogP contribution >= 0.6 is 0 Å². The molecule has 79 heavy (non-hydrogen) atoms. The summed E-state index contributed by atoms with van der Waals surface area (Å²) in [7, 11) is 71.3. The molecule has 1 nitrogen and oxygen atoms in total. The Bertz CT molecular complexity index is 4460. The molecule has 0 atom stereocenters. The van der Waals surface area contributed by atoms with Gasteiger partial charge in [0.1, 0.15) is 247 Å². The highest BCUT2D eigenvalue weighted by Crippen LogP contribution is 2.42. The van der Waals surface area contributed by atoms with Crippen LogP contribution in [0.2, 0.25) is 0 Å². The fourth-order valence-corrected chi connectivity index (χ4v) is 15.7. The third-order valence-corrected chi connectivity index (χ3v) is 22.8. The van der Waals surface area contributed by atoms with Crippen LogP contribution in [0.1, 0.15) is 0 Å². The summed E-state index contributed by atoms with van der Waals surface area (Å²) in [6, 6.07) is 0. The number of rotatable bonds is 4. The largest absolute Gasteiger partial charge is 0.457 e. The molecule has 31 heteroatoms. The maximum Gasteiger partial charge on any atom is 0.145 e. The Morgan fingerprint density at radius 3 is 0.684 bits per heavy atom. The molecule has 0 spiro atoms. The van der Waals surface area contributed by atoms with Crippen LogP contribution in [0.3, 0.4) is 0 Å². The van der Waals surface area contributed by atoms with Gasteiger partial charge in [0.15, 0.2) is 0 Å². The molecule has 0 N–H and O–H groups in total. The molecule has 0 saturated heterocycles. The standard InChI is InChI=1S/C48H60B30O/c49-17-14-15(32(64)41(73)40(72)31(14)63)33(65)48-16(17)10-9(24(56)44(76)46(78)47(10)79-48)13-27(59)25(57)11(26(58)28(13)60)2-6-3(18(50)34(66)37(69)21(6)53)1(4-7(2)22(54)38(70)35(67)19(4)51)5-8(23(55)39(71)36(68)20(5)52)12-29(61)42(74)45(77)43(75)30(12)62/h49-78H2. The lowest BCUT2D eigenvalue weighted by Crippen LogP contribution is -2.57. The van der Waals surface area contributed by atoms with E-state index in [-0.39, 0.29) is 0 Å². The van der Waals surface area contributed by atoms with Crippen LogP contribution in [0.4, 0.5) is 0 Å². The molecular formula is C48H60B30O. The fourth-order valence-electron chi connectivity index (χ4n) is 15.7. The van der Waals surface area contributed by atoms with E-state index in [1.165, 1.54) is 251 Å². The number of hydrogen-bond donors (Lipinski definition) is 0. The van der Waals surface area contributed by atoms with Gasteiger partial charge in [-0.3, -0.25) is 0 Å². The molecule has 0 aliphatic rings. The zero-order valence-electron chi connectivity index (χ0n) is 54.4. The van der Waals surface area contributed by atoms with Crippen molar-refractivity contribution in [3.63, 3.8) is 0 Å². The van der Waals surface area contributed by atoms with Crippen molar-refractivity contribution in [3.05, 3.63) is 0 Å². The van der Waals surface area contributed by atoms with Crippen molar-refractivity contribution in [2.24, 2.45) is 0 Å².